The highest BCUT2D eigenvalue weighted by atomic mass is 16.5. The first-order valence-electron chi connectivity index (χ1n) is 19.7. The third-order valence-electron chi connectivity index (χ3n) is 11.7. The van der Waals surface area contributed by atoms with Crippen molar-refractivity contribution in [1.29, 1.82) is 0 Å². The van der Waals surface area contributed by atoms with Crippen LogP contribution >= 0.6 is 0 Å². The molecule has 0 aromatic heterocycles. The van der Waals surface area contributed by atoms with Crippen LogP contribution in [0.2, 0.25) is 0 Å². The molecule has 0 saturated heterocycles. The highest BCUT2D eigenvalue weighted by molar-refractivity contribution is 5.88. The third kappa shape index (κ3) is 11.2. The largest absolute Gasteiger partial charge is 0.462 e. The molecule has 0 spiro atoms. The van der Waals surface area contributed by atoms with Gasteiger partial charge in [-0.3, -0.25) is 0 Å². The second-order valence-electron chi connectivity index (χ2n) is 15.3. The maximum absolute atomic E-state index is 12.1. The van der Waals surface area contributed by atoms with E-state index in [-0.39, 0.29) is 24.7 Å². The summed E-state index contributed by atoms with van der Waals surface area (Å²) in [5, 5.41) is 9.21. The summed E-state index contributed by atoms with van der Waals surface area (Å²) in [6.45, 7) is 15.6. The molecule has 274 valence electrons. The lowest BCUT2D eigenvalue weighted by molar-refractivity contribution is -0.144. The number of carbonyl (C=O) groups excluding carboxylic acids is 2. The maximum Gasteiger partial charge on any atom is 0.335 e. The topological polar surface area (TPSA) is 72.8 Å². The molecule has 0 radical (unpaired) electrons. The second-order valence-corrected chi connectivity index (χ2v) is 15.3. The lowest BCUT2D eigenvalue weighted by atomic mass is 9.67. The monoisotopic (exact) mass is 684 g/mol. The van der Waals surface area contributed by atoms with E-state index in [1.165, 1.54) is 97.6 Å². The molecule has 0 aliphatic heterocycles. The predicted molar refractivity (Wildman–Crippen MR) is 205 cm³/mol. The van der Waals surface area contributed by atoms with Crippen molar-refractivity contribution in [2.45, 2.75) is 130 Å². The molecule has 2 aliphatic carbocycles. The van der Waals surface area contributed by atoms with E-state index in [0.717, 1.165) is 43.9 Å². The van der Waals surface area contributed by atoms with Crippen molar-refractivity contribution in [1.82, 2.24) is 0 Å². The van der Waals surface area contributed by atoms with Gasteiger partial charge in [0.1, 0.15) is 0 Å². The van der Waals surface area contributed by atoms with Crippen molar-refractivity contribution in [3.05, 3.63) is 83.0 Å². The highest BCUT2D eigenvalue weighted by Crippen LogP contribution is 2.45. The molecule has 2 fully saturated rings. The van der Waals surface area contributed by atoms with Crippen molar-refractivity contribution >= 4 is 11.9 Å². The number of ether oxygens (including phenoxy) is 2. The summed E-state index contributed by atoms with van der Waals surface area (Å²) in [5.41, 5.74) is 9.21. The number of hydrogen-bond acceptors (Lipinski definition) is 5. The highest BCUT2D eigenvalue weighted by Gasteiger charge is 2.32. The summed E-state index contributed by atoms with van der Waals surface area (Å²) in [6.07, 6.45) is 18.0. The molecule has 0 bridgehead atoms. The minimum Gasteiger partial charge on any atom is -0.462 e. The molecular formula is C45H64O5. The first kappa shape index (κ1) is 39.6. The number of aryl methyl sites for hydroxylation is 3. The zero-order chi connectivity index (χ0) is 36.0. The summed E-state index contributed by atoms with van der Waals surface area (Å²) in [7, 11) is 0. The van der Waals surface area contributed by atoms with Gasteiger partial charge in [0.05, 0.1) is 25.4 Å². The molecule has 5 nitrogen and oxygen atoms in total. The van der Waals surface area contributed by atoms with Gasteiger partial charge in [0.2, 0.25) is 0 Å². The molecule has 50 heavy (non-hydrogen) atoms. The van der Waals surface area contributed by atoms with Crippen LogP contribution in [0.4, 0.5) is 0 Å². The minimum atomic E-state index is -0.599. The molecule has 2 aliphatic rings. The molecule has 1 unspecified atom stereocenters. The Morgan fingerprint density at radius 2 is 1.42 bits per heavy atom. The summed E-state index contributed by atoms with van der Waals surface area (Å²) in [6, 6.07) is 14.6. The molecule has 1 N–H and O–H groups in total. The first-order valence-corrected chi connectivity index (χ1v) is 19.7. The van der Waals surface area contributed by atoms with Crippen LogP contribution in [0.5, 0.6) is 0 Å². The molecular weight excluding hydrogens is 620 g/mol. The van der Waals surface area contributed by atoms with Gasteiger partial charge in [-0.15, -0.1) is 0 Å². The number of aliphatic hydroxyl groups is 1. The molecule has 1 atom stereocenters. The van der Waals surface area contributed by atoms with Crippen LogP contribution in [-0.4, -0.2) is 36.9 Å². The average Bonchev–Trinajstić information content (AvgIpc) is 3.15. The Kier molecular flexibility index (Phi) is 15.9. The smallest absolute Gasteiger partial charge is 0.335 e. The summed E-state index contributed by atoms with van der Waals surface area (Å²) in [5.74, 6) is 1.65. The van der Waals surface area contributed by atoms with E-state index in [9.17, 15) is 14.7 Å². The van der Waals surface area contributed by atoms with Gasteiger partial charge >= 0.3 is 11.9 Å². The lowest BCUT2D eigenvalue weighted by Gasteiger charge is -2.38. The van der Waals surface area contributed by atoms with Crippen molar-refractivity contribution in [2.75, 3.05) is 19.8 Å². The van der Waals surface area contributed by atoms with Gasteiger partial charge in [0, 0.05) is 11.5 Å². The number of aliphatic hydroxyl groups excluding tert-OH is 1. The van der Waals surface area contributed by atoms with Crippen molar-refractivity contribution in [2.24, 2.45) is 23.7 Å². The van der Waals surface area contributed by atoms with Gasteiger partial charge in [-0.25, -0.2) is 9.59 Å². The number of esters is 2. The number of rotatable bonds is 18. The normalized spacial score (nSPS) is 21.3. The second kappa shape index (κ2) is 20.0. The van der Waals surface area contributed by atoms with Gasteiger partial charge in [-0.1, -0.05) is 96.0 Å². The van der Waals surface area contributed by atoms with Gasteiger partial charge in [-0.05, 0) is 135 Å². The fourth-order valence-electron chi connectivity index (χ4n) is 8.53. The summed E-state index contributed by atoms with van der Waals surface area (Å²) in [4.78, 5) is 24.2. The Morgan fingerprint density at radius 3 is 2.02 bits per heavy atom. The van der Waals surface area contributed by atoms with Crippen molar-refractivity contribution < 1.29 is 24.2 Å². The average molecular weight is 685 g/mol. The lowest BCUT2D eigenvalue weighted by Crippen LogP contribution is -2.28. The fraction of sp³-hybridized carbons (Fsp3) is 0.600. The fourth-order valence-corrected chi connectivity index (χ4v) is 8.53. The number of hydrogen-bond donors (Lipinski definition) is 1. The first-order chi connectivity index (χ1) is 24.2. The zero-order valence-corrected chi connectivity index (χ0v) is 31.6. The van der Waals surface area contributed by atoms with Gasteiger partial charge in [0.15, 0.2) is 0 Å². The van der Waals surface area contributed by atoms with Crippen LogP contribution < -0.4 is 0 Å². The molecule has 0 heterocycles. The maximum atomic E-state index is 12.1. The van der Waals surface area contributed by atoms with E-state index in [4.69, 9.17) is 9.47 Å². The van der Waals surface area contributed by atoms with Gasteiger partial charge < -0.3 is 14.6 Å². The minimum absolute atomic E-state index is 0.0323. The number of benzene rings is 2. The van der Waals surface area contributed by atoms with E-state index in [1.54, 1.807) is 6.92 Å². The quantitative estimate of drug-likeness (QED) is 0.0961. The third-order valence-corrected chi connectivity index (χ3v) is 11.7. The van der Waals surface area contributed by atoms with E-state index in [1.807, 2.05) is 0 Å². The standard InChI is InChI=1S/C45H64O5/c1-7-10-11-12-37-21-22-42(26-35(37)8-2)43-24-23-41(27-36(43)9-3)40-19-17-39(18-20-40)38-15-13-33(14-16-38)25-34(29-49-44(47)31(4)5)30-50-45(48)32(6)28-46/h21-24,26-27,33-34,38-40,46H,4,6-20,25,28-30H2,1-3,5H3. The molecule has 0 amide bonds. The van der Waals surface area contributed by atoms with Gasteiger partial charge in [0.25, 0.3) is 0 Å². The van der Waals surface area contributed by atoms with E-state index >= 15 is 0 Å². The van der Waals surface area contributed by atoms with E-state index in [2.05, 4.69) is 70.3 Å². The van der Waals surface area contributed by atoms with Gasteiger partial charge in [-0.2, -0.15) is 0 Å². The van der Waals surface area contributed by atoms with Crippen LogP contribution in [0.3, 0.4) is 0 Å². The molecule has 2 saturated carbocycles. The Labute approximate surface area is 302 Å². The number of carbonyl (C=O) groups is 2. The van der Waals surface area contributed by atoms with Crippen LogP contribution in [0.15, 0.2) is 60.7 Å². The Morgan fingerprint density at radius 1 is 0.780 bits per heavy atom. The summed E-state index contributed by atoms with van der Waals surface area (Å²) >= 11 is 0. The van der Waals surface area contributed by atoms with E-state index < -0.39 is 18.5 Å². The summed E-state index contributed by atoms with van der Waals surface area (Å²) < 4.78 is 10.9. The molecule has 2 aromatic rings. The van der Waals surface area contributed by atoms with Crippen molar-refractivity contribution in [3.63, 3.8) is 0 Å². The molecule has 4 rings (SSSR count). The zero-order valence-electron chi connectivity index (χ0n) is 31.6. The van der Waals surface area contributed by atoms with E-state index in [0.29, 0.717) is 17.4 Å². The number of unbranched alkanes of at least 4 members (excludes halogenated alkanes) is 2. The SMILES string of the molecule is C=C(C)C(=O)OCC(COC(=O)C(=C)CO)CC1CCC(C2CCC(c3ccc(-c4ccc(CCCCC)c(CC)c4)c(CC)c3)CC2)CC1. The molecule has 5 heteroatoms. The van der Waals surface area contributed by atoms with Crippen LogP contribution in [0.1, 0.15) is 133 Å². The Bertz CT molecular complexity index is 1420. The van der Waals surface area contributed by atoms with Crippen molar-refractivity contribution in [3.8, 4) is 11.1 Å². The Hall–Kier alpha value is -3.18. The van der Waals surface area contributed by atoms with Crippen LogP contribution in [0.25, 0.3) is 11.1 Å². The van der Waals surface area contributed by atoms with Crippen LogP contribution in [0, 0.1) is 23.7 Å². The van der Waals surface area contributed by atoms with Crippen LogP contribution in [-0.2, 0) is 38.3 Å². The predicted octanol–water partition coefficient (Wildman–Crippen LogP) is 10.5. The Balaban J connectivity index is 1.29. The molecule has 2 aromatic carbocycles.